The Hall–Kier alpha value is -1.43. The van der Waals surface area contributed by atoms with Gasteiger partial charge in [0.1, 0.15) is 0 Å². The van der Waals surface area contributed by atoms with Gasteiger partial charge in [0, 0.05) is 12.2 Å². The Balaban J connectivity index is 3.01. The predicted molar refractivity (Wildman–Crippen MR) is 62.2 cm³/mol. The first-order chi connectivity index (χ1) is 7.84. The standard InChI is InChI=1S/C10H11ClF3N3/c1-2-16-9(15)17-6-3-4-8(11)7(5-6)10(12,13)14/h3-5H,2H2,1H3,(H3,15,16,17). The summed E-state index contributed by atoms with van der Waals surface area (Å²) >= 11 is 5.47. The Labute approximate surface area is 101 Å². The number of rotatable bonds is 2. The predicted octanol–water partition coefficient (Wildman–Crippen LogP) is 3.11. The topological polar surface area (TPSA) is 50.4 Å². The summed E-state index contributed by atoms with van der Waals surface area (Å²) in [5.74, 6) is 0.0583. The molecule has 0 saturated heterocycles. The average molecular weight is 266 g/mol. The molecule has 0 bridgehead atoms. The molecule has 0 amide bonds. The van der Waals surface area contributed by atoms with Gasteiger partial charge in [-0.25, -0.2) is 0 Å². The largest absolute Gasteiger partial charge is 0.417 e. The summed E-state index contributed by atoms with van der Waals surface area (Å²) in [6, 6.07) is 3.45. The maximum Gasteiger partial charge on any atom is 0.417 e. The van der Waals surface area contributed by atoms with Gasteiger partial charge in [-0.2, -0.15) is 13.2 Å². The number of nitrogens with one attached hydrogen (secondary N) is 1. The van der Waals surface area contributed by atoms with Gasteiger partial charge in [0.2, 0.25) is 0 Å². The zero-order chi connectivity index (χ0) is 13.1. The maximum absolute atomic E-state index is 12.5. The Bertz CT molecular complexity index is 429. The van der Waals surface area contributed by atoms with Gasteiger partial charge < -0.3 is 11.1 Å². The van der Waals surface area contributed by atoms with E-state index >= 15 is 0 Å². The van der Waals surface area contributed by atoms with E-state index in [4.69, 9.17) is 17.3 Å². The van der Waals surface area contributed by atoms with E-state index < -0.39 is 11.7 Å². The number of hydrogen-bond acceptors (Lipinski definition) is 1. The molecular formula is C10H11ClF3N3. The van der Waals surface area contributed by atoms with Crippen LogP contribution < -0.4 is 11.1 Å². The molecule has 94 valence electrons. The van der Waals surface area contributed by atoms with Crippen molar-refractivity contribution in [1.29, 1.82) is 0 Å². The van der Waals surface area contributed by atoms with Crippen molar-refractivity contribution in [3.8, 4) is 0 Å². The van der Waals surface area contributed by atoms with Crippen molar-refractivity contribution in [3.05, 3.63) is 28.8 Å². The maximum atomic E-state index is 12.5. The van der Waals surface area contributed by atoms with Crippen LogP contribution in [0.25, 0.3) is 0 Å². The lowest BCUT2D eigenvalue weighted by Crippen LogP contribution is -2.23. The third kappa shape index (κ3) is 3.81. The number of alkyl halides is 3. The quantitative estimate of drug-likeness (QED) is 0.638. The molecular weight excluding hydrogens is 255 g/mol. The molecule has 0 radical (unpaired) electrons. The van der Waals surface area contributed by atoms with Gasteiger partial charge in [0.25, 0.3) is 0 Å². The molecule has 0 aliphatic heterocycles. The summed E-state index contributed by atoms with van der Waals surface area (Å²) in [6.07, 6.45) is -4.49. The van der Waals surface area contributed by atoms with Crippen LogP contribution in [0.3, 0.4) is 0 Å². The number of guanidine groups is 1. The van der Waals surface area contributed by atoms with Crippen molar-refractivity contribution < 1.29 is 13.2 Å². The molecule has 0 aromatic heterocycles. The van der Waals surface area contributed by atoms with Crippen LogP contribution in [0.4, 0.5) is 18.9 Å². The highest BCUT2D eigenvalue weighted by Crippen LogP contribution is 2.36. The van der Waals surface area contributed by atoms with Crippen molar-refractivity contribution >= 4 is 23.2 Å². The smallest absolute Gasteiger partial charge is 0.370 e. The van der Waals surface area contributed by atoms with E-state index in [1.54, 1.807) is 6.92 Å². The molecule has 0 fully saturated rings. The van der Waals surface area contributed by atoms with Gasteiger partial charge in [0.05, 0.1) is 10.6 Å². The number of hydrogen-bond donors (Lipinski definition) is 2. The number of nitrogens with two attached hydrogens (primary N) is 1. The van der Waals surface area contributed by atoms with E-state index in [0.717, 1.165) is 12.1 Å². The molecule has 17 heavy (non-hydrogen) atoms. The SMILES string of the molecule is CCN=C(N)Nc1ccc(Cl)c(C(F)(F)F)c1. The van der Waals surface area contributed by atoms with Gasteiger partial charge >= 0.3 is 6.18 Å². The number of anilines is 1. The van der Waals surface area contributed by atoms with Crippen molar-refractivity contribution in [2.45, 2.75) is 13.1 Å². The highest BCUT2D eigenvalue weighted by molar-refractivity contribution is 6.31. The summed E-state index contributed by atoms with van der Waals surface area (Å²) in [5.41, 5.74) is 4.72. The average Bonchev–Trinajstić information content (AvgIpc) is 2.19. The first-order valence-electron chi connectivity index (χ1n) is 4.78. The Morgan fingerprint density at radius 1 is 1.47 bits per heavy atom. The van der Waals surface area contributed by atoms with Crippen molar-refractivity contribution in [1.82, 2.24) is 0 Å². The zero-order valence-corrected chi connectivity index (χ0v) is 9.73. The first kappa shape index (κ1) is 13.6. The van der Waals surface area contributed by atoms with Gasteiger partial charge in [-0.1, -0.05) is 11.6 Å². The van der Waals surface area contributed by atoms with Gasteiger partial charge in [0.15, 0.2) is 5.96 Å². The number of halogens is 4. The fourth-order valence-corrected chi connectivity index (χ4v) is 1.40. The summed E-state index contributed by atoms with van der Waals surface area (Å²) in [5, 5.41) is 2.20. The lowest BCUT2D eigenvalue weighted by molar-refractivity contribution is -0.137. The van der Waals surface area contributed by atoms with Crippen LogP contribution >= 0.6 is 11.6 Å². The molecule has 0 atom stereocenters. The highest BCUT2D eigenvalue weighted by Gasteiger charge is 2.33. The van der Waals surface area contributed by atoms with Crippen LogP contribution in [-0.4, -0.2) is 12.5 Å². The second-order valence-electron chi connectivity index (χ2n) is 3.18. The minimum Gasteiger partial charge on any atom is -0.370 e. The molecule has 1 rings (SSSR count). The molecule has 0 saturated carbocycles. The Morgan fingerprint density at radius 2 is 2.12 bits per heavy atom. The summed E-state index contributed by atoms with van der Waals surface area (Å²) in [7, 11) is 0. The van der Waals surface area contributed by atoms with Gasteiger partial charge in [-0.05, 0) is 25.1 Å². The molecule has 0 aliphatic carbocycles. The number of aliphatic imine (C=N–C) groups is 1. The van der Waals surface area contributed by atoms with E-state index in [1.807, 2.05) is 0 Å². The Kier molecular flexibility index (Phi) is 4.22. The Morgan fingerprint density at radius 3 is 2.65 bits per heavy atom. The molecule has 0 aliphatic rings. The van der Waals surface area contributed by atoms with Crippen LogP contribution in [0, 0.1) is 0 Å². The minimum atomic E-state index is -4.49. The molecule has 3 N–H and O–H groups in total. The van der Waals surface area contributed by atoms with Gasteiger partial charge in [-0.15, -0.1) is 0 Å². The molecule has 3 nitrogen and oxygen atoms in total. The van der Waals surface area contributed by atoms with Crippen molar-refractivity contribution in [3.63, 3.8) is 0 Å². The lowest BCUT2D eigenvalue weighted by atomic mass is 10.2. The van der Waals surface area contributed by atoms with Gasteiger partial charge in [-0.3, -0.25) is 4.99 Å². The highest BCUT2D eigenvalue weighted by atomic mass is 35.5. The fourth-order valence-electron chi connectivity index (χ4n) is 1.18. The van der Waals surface area contributed by atoms with Crippen LogP contribution in [-0.2, 0) is 6.18 Å². The normalized spacial score (nSPS) is 12.6. The first-order valence-corrected chi connectivity index (χ1v) is 5.16. The van der Waals surface area contributed by atoms with E-state index in [-0.39, 0.29) is 16.7 Å². The molecule has 0 spiro atoms. The van der Waals surface area contributed by atoms with Crippen LogP contribution in [0.15, 0.2) is 23.2 Å². The molecule has 7 heteroatoms. The summed E-state index contributed by atoms with van der Waals surface area (Å²) in [4.78, 5) is 3.80. The minimum absolute atomic E-state index is 0.0583. The molecule has 0 heterocycles. The number of benzene rings is 1. The monoisotopic (exact) mass is 265 g/mol. The zero-order valence-electron chi connectivity index (χ0n) is 8.98. The second kappa shape index (κ2) is 5.27. The van der Waals surface area contributed by atoms with E-state index in [1.165, 1.54) is 6.07 Å². The third-order valence-corrected chi connectivity index (χ3v) is 2.20. The third-order valence-electron chi connectivity index (χ3n) is 1.87. The van der Waals surface area contributed by atoms with E-state index in [9.17, 15) is 13.2 Å². The summed E-state index contributed by atoms with van der Waals surface area (Å²) in [6.45, 7) is 2.20. The van der Waals surface area contributed by atoms with Crippen molar-refractivity contribution in [2.24, 2.45) is 10.7 Å². The van der Waals surface area contributed by atoms with Crippen LogP contribution in [0.2, 0.25) is 5.02 Å². The molecule has 0 unspecified atom stereocenters. The van der Waals surface area contributed by atoms with Crippen LogP contribution in [0.5, 0.6) is 0 Å². The number of nitrogens with zero attached hydrogens (tertiary/aromatic N) is 1. The fraction of sp³-hybridized carbons (Fsp3) is 0.300. The molecule has 1 aromatic rings. The van der Waals surface area contributed by atoms with Crippen molar-refractivity contribution in [2.75, 3.05) is 11.9 Å². The summed E-state index contributed by atoms with van der Waals surface area (Å²) < 4.78 is 37.6. The van der Waals surface area contributed by atoms with Crippen LogP contribution in [0.1, 0.15) is 12.5 Å². The second-order valence-corrected chi connectivity index (χ2v) is 3.58. The lowest BCUT2D eigenvalue weighted by Gasteiger charge is -2.11. The molecule has 1 aromatic carbocycles. The van der Waals surface area contributed by atoms with E-state index in [2.05, 4.69) is 10.3 Å². The van der Waals surface area contributed by atoms with E-state index in [0.29, 0.717) is 6.54 Å².